The summed E-state index contributed by atoms with van der Waals surface area (Å²) in [6.07, 6.45) is 2.67. The first kappa shape index (κ1) is 14.6. The maximum atomic E-state index is 10.1. The van der Waals surface area contributed by atoms with Gasteiger partial charge in [0.25, 0.3) is 0 Å². The first-order chi connectivity index (χ1) is 4.56. The first-order valence-corrected chi connectivity index (χ1v) is 4.79. The van der Waals surface area contributed by atoms with E-state index in [2.05, 4.69) is 4.52 Å². The topological polar surface area (TPSA) is 66.8 Å². The van der Waals surface area contributed by atoms with Crippen LogP contribution in [-0.2, 0) is 9.09 Å². The minimum absolute atomic E-state index is 0. The van der Waals surface area contributed by atoms with E-state index < -0.39 is 7.82 Å². The summed E-state index contributed by atoms with van der Waals surface area (Å²) in [6.45, 7) is 2.16. The average Bonchev–Trinajstić information content (AvgIpc) is 1.78. The fourth-order valence-electron chi connectivity index (χ4n) is 0.536. The van der Waals surface area contributed by atoms with E-state index >= 15 is 0 Å². The maximum absolute atomic E-state index is 10.1. The molecule has 0 saturated carbocycles. The molecule has 0 aliphatic heterocycles. The second-order valence-corrected chi connectivity index (χ2v) is 3.27. The molecule has 0 unspecified atom stereocenters. The molecule has 0 aromatic heterocycles. The standard InChI is InChI=1S/C5H13O4P.Na.H/c1-2-3-4-5-9-10(6,7)8;;/h2-5H2,1H3,(H2,6,7,8);;. The van der Waals surface area contributed by atoms with Crippen molar-refractivity contribution in [2.45, 2.75) is 26.2 Å². The normalized spacial score (nSPS) is 10.8. The van der Waals surface area contributed by atoms with Gasteiger partial charge in [0.2, 0.25) is 0 Å². The van der Waals surface area contributed by atoms with Gasteiger partial charge in [0.05, 0.1) is 6.61 Å². The van der Waals surface area contributed by atoms with Crippen molar-refractivity contribution >= 4 is 37.4 Å². The molecule has 0 bridgehead atoms. The Balaban J connectivity index is 0. The molecule has 64 valence electrons. The van der Waals surface area contributed by atoms with E-state index in [1.807, 2.05) is 6.92 Å². The van der Waals surface area contributed by atoms with Gasteiger partial charge in [-0.1, -0.05) is 19.8 Å². The zero-order chi connectivity index (χ0) is 8.04. The van der Waals surface area contributed by atoms with Crippen LogP contribution in [0.1, 0.15) is 26.2 Å². The van der Waals surface area contributed by atoms with Gasteiger partial charge in [0.1, 0.15) is 0 Å². The summed E-state index contributed by atoms with van der Waals surface area (Å²) in [6, 6.07) is 0. The van der Waals surface area contributed by atoms with E-state index in [1.54, 1.807) is 0 Å². The predicted molar refractivity (Wildman–Crippen MR) is 44.7 cm³/mol. The molecule has 0 heterocycles. The molecule has 0 atom stereocenters. The van der Waals surface area contributed by atoms with Crippen molar-refractivity contribution in [1.82, 2.24) is 0 Å². The molecule has 0 fully saturated rings. The van der Waals surface area contributed by atoms with E-state index in [1.165, 1.54) is 0 Å². The Hall–Kier alpha value is 1.11. The predicted octanol–water partition coefficient (Wildman–Crippen LogP) is 0.637. The molecule has 4 nitrogen and oxygen atoms in total. The Morgan fingerprint density at radius 2 is 1.91 bits per heavy atom. The number of phosphoric ester groups is 1. The molecule has 6 heteroatoms. The number of phosphoric acid groups is 1. The molecule has 0 saturated heterocycles. The summed E-state index contributed by atoms with van der Waals surface area (Å²) in [5.74, 6) is 0. The summed E-state index contributed by atoms with van der Waals surface area (Å²) >= 11 is 0. The fraction of sp³-hybridized carbons (Fsp3) is 1.00. The number of hydrogen-bond donors (Lipinski definition) is 2. The Labute approximate surface area is 88.9 Å². The molecule has 0 spiro atoms. The van der Waals surface area contributed by atoms with Gasteiger partial charge in [0, 0.05) is 0 Å². The summed E-state index contributed by atoms with van der Waals surface area (Å²) in [5.41, 5.74) is 0. The molecule has 11 heavy (non-hydrogen) atoms. The van der Waals surface area contributed by atoms with Gasteiger partial charge in [-0.25, -0.2) is 4.57 Å². The summed E-state index contributed by atoms with van der Waals surface area (Å²) in [4.78, 5) is 16.4. The zero-order valence-electron chi connectivity index (χ0n) is 5.99. The van der Waals surface area contributed by atoms with Gasteiger partial charge in [-0.05, 0) is 6.42 Å². The van der Waals surface area contributed by atoms with Crippen LogP contribution >= 0.6 is 7.82 Å². The third kappa shape index (κ3) is 14.0. The minimum atomic E-state index is -4.21. The molecular weight excluding hydrogens is 178 g/mol. The molecule has 0 radical (unpaired) electrons. The number of hydrogen-bond acceptors (Lipinski definition) is 2. The van der Waals surface area contributed by atoms with Crippen LogP contribution in [0.4, 0.5) is 0 Å². The van der Waals surface area contributed by atoms with E-state index in [0.29, 0.717) is 6.42 Å². The van der Waals surface area contributed by atoms with E-state index in [-0.39, 0.29) is 36.2 Å². The van der Waals surface area contributed by atoms with Crippen LogP contribution in [0.3, 0.4) is 0 Å². The van der Waals surface area contributed by atoms with Crippen molar-refractivity contribution in [1.29, 1.82) is 0 Å². The summed E-state index contributed by atoms with van der Waals surface area (Å²) < 4.78 is 14.3. The van der Waals surface area contributed by atoms with Crippen LogP contribution in [0.15, 0.2) is 0 Å². The van der Waals surface area contributed by atoms with Crippen molar-refractivity contribution in [3.8, 4) is 0 Å². The Bertz CT molecular complexity index is 124. The SMILES string of the molecule is CCCCCOP(=O)(O)O.[NaH]. The summed E-state index contributed by atoms with van der Waals surface area (Å²) in [5, 5.41) is 0. The Morgan fingerprint density at radius 1 is 1.36 bits per heavy atom. The second kappa shape index (κ2) is 7.74. The molecule has 0 rings (SSSR count). The van der Waals surface area contributed by atoms with Crippen LogP contribution in [0.2, 0.25) is 0 Å². The molecule has 0 amide bonds. The van der Waals surface area contributed by atoms with Crippen molar-refractivity contribution < 1.29 is 18.9 Å². The van der Waals surface area contributed by atoms with E-state index in [0.717, 1.165) is 12.8 Å². The van der Waals surface area contributed by atoms with Gasteiger partial charge in [-0.3, -0.25) is 4.52 Å². The summed E-state index contributed by atoms with van der Waals surface area (Å²) in [7, 11) is -4.21. The zero-order valence-corrected chi connectivity index (χ0v) is 6.88. The molecule has 2 N–H and O–H groups in total. The monoisotopic (exact) mass is 192 g/mol. The quantitative estimate of drug-likeness (QED) is 0.381. The van der Waals surface area contributed by atoms with Gasteiger partial charge in [0.15, 0.2) is 0 Å². The Morgan fingerprint density at radius 3 is 2.27 bits per heavy atom. The Kier molecular flexibility index (Phi) is 10.3. The number of unbranched alkanes of at least 4 members (excludes halogenated alkanes) is 2. The van der Waals surface area contributed by atoms with Gasteiger partial charge in [-0.2, -0.15) is 0 Å². The van der Waals surface area contributed by atoms with Crippen molar-refractivity contribution in [2.24, 2.45) is 0 Å². The third-order valence-corrected chi connectivity index (χ3v) is 1.53. The second-order valence-electron chi connectivity index (χ2n) is 2.03. The average molecular weight is 192 g/mol. The van der Waals surface area contributed by atoms with Crippen LogP contribution in [0, 0.1) is 0 Å². The molecule has 0 aliphatic carbocycles. The van der Waals surface area contributed by atoms with E-state index in [4.69, 9.17) is 9.79 Å². The van der Waals surface area contributed by atoms with Crippen LogP contribution in [-0.4, -0.2) is 46.0 Å². The van der Waals surface area contributed by atoms with Crippen LogP contribution in [0.25, 0.3) is 0 Å². The fourth-order valence-corrected chi connectivity index (χ4v) is 0.902. The van der Waals surface area contributed by atoms with Gasteiger partial charge in [-0.15, -0.1) is 0 Å². The first-order valence-electron chi connectivity index (χ1n) is 3.26. The molecule has 0 aromatic carbocycles. The third-order valence-electron chi connectivity index (χ3n) is 1.01. The van der Waals surface area contributed by atoms with Crippen molar-refractivity contribution in [2.75, 3.05) is 6.61 Å². The molecule has 0 aromatic rings. The van der Waals surface area contributed by atoms with E-state index in [9.17, 15) is 4.57 Å². The number of rotatable bonds is 5. The van der Waals surface area contributed by atoms with Crippen molar-refractivity contribution in [3.63, 3.8) is 0 Å². The van der Waals surface area contributed by atoms with Gasteiger partial charge < -0.3 is 9.79 Å². The van der Waals surface area contributed by atoms with Crippen LogP contribution < -0.4 is 0 Å². The van der Waals surface area contributed by atoms with Gasteiger partial charge >= 0.3 is 37.4 Å². The molecule has 0 aliphatic rings. The molecular formula is C5H14NaO4P. The van der Waals surface area contributed by atoms with Crippen molar-refractivity contribution in [3.05, 3.63) is 0 Å². The van der Waals surface area contributed by atoms with Crippen LogP contribution in [0.5, 0.6) is 0 Å².